The van der Waals surface area contributed by atoms with Crippen LogP contribution in [0.5, 0.6) is 5.75 Å². The van der Waals surface area contributed by atoms with E-state index in [1.807, 2.05) is 29.2 Å². The largest absolute Gasteiger partial charge is 0.484 e. The summed E-state index contributed by atoms with van der Waals surface area (Å²) in [7, 11) is 0. The lowest BCUT2D eigenvalue weighted by molar-refractivity contribution is -0.138. The lowest BCUT2D eigenvalue weighted by Crippen LogP contribution is -2.53. The number of hydrogen-bond acceptors (Lipinski definition) is 4. The van der Waals surface area contributed by atoms with Crippen molar-refractivity contribution in [1.82, 2.24) is 14.7 Å². The van der Waals surface area contributed by atoms with E-state index in [-0.39, 0.29) is 18.4 Å². The quantitative estimate of drug-likeness (QED) is 0.754. The molecule has 28 heavy (non-hydrogen) atoms. The lowest BCUT2D eigenvalue weighted by atomic mass is 10.1. The van der Waals surface area contributed by atoms with Gasteiger partial charge in [0.05, 0.1) is 6.54 Å². The molecule has 3 fully saturated rings. The number of ether oxygens (including phenoxy) is 1. The minimum Gasteiger partial charge on any atom is -0.484 e. The van der Waals surface area contributed by atoms with Gasteiger partial charge in [-0.1, -0.05) is 25.0 Å². The topological polar surface area (TPSA) is 53.1 Å². The monoisotopic (exact) mass is 385 g/mol. The van der Waals surface area contributed by atoms with Gasteiger partial charge >= 0.3 is 0 Å². The molecule has 1 saturated carbocycles. The summed E-state index contributed by atoms with van der Waals surface area (Å²) in [4.78, 5) is 30.8. The summed E-state index contributed by atoms with van der Waals surface area (Å²) >= 11 is 0. The van der Waals surface area contributed by atoms with Gasteiger partial charge in [-0.2, -0.15) is 0 Å². The molecule has 0 unspecified atom stereocenters. The highest BCUT2D eigenvalue weighted by molar-refractivity contribution is 5.79. The number of hydrogen-bond donors (Lipinski definition) is 0. The van der Waals surface area contributed by atoms with Crippen molar-refractivity contribution in [2.75, 3.05) is 39.3 Å². The molecule has 2 amide bonds. The average Bonchev–Trinajstić information content (AvgIpc) is 3.41. The second-order valence-electron chi connectivity index (χ2n) is 8.26. The van der Waals surface area contributed by atoms with Crippen molar-refractivity contribution in [2.45, 2.75) is 51.1 Å². The molecule has 1 aromatic carbocycles. The average molecular weight is 386 g/mol. The summed E-state index contributed by atoms with van der Waals surface area (Å²) in [6.07, 6.45) is 7.06. The Morgan fingerprint density at radius 3 is 2.36 bits per heavy atom. The zero-order chi connectivity index (χ0) is 19.3. The summed E-state index contributed by atoms with van der Waals surface area (Å²) in [5.74, 6) is 1.07. The van der Waals surface area contributed by atoms with E-state index in [9.17, 15) is 9.59 Å². The van der Waals surface area contributed by atoms with Crippen LogP contribution in [0.3, 0.4) is 0 Å². The van der Waals surface area contributed by atoms with E-state index in [2.05, 4.69) is 9.80 Å². The van der Waals surface area contributed by atoms with Crippen molar-refractivity contribution in [1.29, 1.82) is 0 Å². The second kappa shape index (κ2) is 8.95. The van der Waals surface area contributed by atoms with Crippen LogP contribution in [0.25, 0.3) is 0 Å². The molecular weight excluding hydrogens is 354 g/mol. The Labute approximate surface area is 167 Å². The van der Waals surface area contributed by atoms with Gasteiger partial charge in [-0.25, -0.2) is 0 Å². The van der Waals surface area contributed by atoms with Crippen LogP contribution in [0.1, 0.15) is 44.1 Å². The zero-order valence-corrected chi connectivity index (χ0v) is 16.6. The maximum atomic E-state index is 12.5. The van der Waals surface area contributed by atoms with Crippen LogP contribution in [-0.2, 0) is 16.1 Å². The molecule has 152 valence electrons. The maximum absolute atomic E-state index is 12.5. The SMILES string of the molecule is O=C(COc1ccc(CN2CCN(C3CCCC3)C(=O)C2)cc1)N1CCCC1. The summed E-state index contributed by atoms with van der Waals surface area (Å²) in [6.45, 7) is 4.89. The molecule has 0 radical (unpaired) electrons. The van der Waals surface area contributed by atoms with Crippen LogP contribution in [0.2, 0.25) is 0 Å². The molecule has 0 atom stereocenters. The van der Waals surface area contributed by atoms with Gasteiger partial charge in [0.25, 0.3) is 5.91 Å². The predicted octanol–water partition coefficient (Wildman–Crippen LogP) is 2.27. The second-order valence-corrected chi connectivity index (χ2v) is 8.26. The third kappa shape index (κ3) is 4.66. The first-order valence-corrected chi connectivity index (χ1v) is 10.7. The standard InChI is InChI=1S/C22H31N3O3/c26-21-16-23(13-14-25(21)19-5-1-2-6-19)15-18-7-9-20(10-8-18)28-17-22(27)24-11-3-4-12-24/h7-10,19H,1-6,11-17H2. The van der Waals surface area contributed by atoms with Crippen LogP contribution in [-0.4, -0.2) is 71.9 Å². The molecule has 0 bridgehead atoms. The van der Waals surface area contributed by atoms with Gasteiger partial charge in [0, 0.05) is 38.8 Å². The van der Waals surface area contributed by atoms with Gasteiger partial charge < -0.3 is 14.5 Å². The van der Waals surface area contributed by atoms with Crippen molar-refractivity contribution < 1.29 is 14.3 Å². The van der Waals surface area contributed by atoms with E-state index in [0.717, 1.165) is 51.3 Å². The van der Waals surface area contributed by atoms with Crippen LogP contribution in [0.4, 0.5) is 0 Å². The van der Waals surface area contributed by atoms with Crippen LogP contribution in [0, 0.1) is 0 Å². The Bertz CT molecular complexity index is 679. The Kier molecular flexibility index (Phi) is 6.15. The molecule has 6 nitrogen and oxygen atoms in total. The Morgan fingerprint density at radius 2 is 1.68 bits per heavy atom. The Morgan fingerprint density at radius 1 is 0.964 bits per heavy atom. The molecule has 1 aliphatic carbocycles. The van der Waals surface area contributed by atoms with Gasteiger partial charge in [0.2, 0.25) is 5.91 Å². The normalized spacial score (nSPS) is 21.5. The number of nitrogens with zero attached hydrogens (tertiary/aromatic N) is 3. The van der Waals surface area contributed by atoms with E-state index < -0.39 is 0 Å². The fourth-order valence-electron chi connectivity index (χ4n) is 4.62. The fraction of sp³-hybridized carbons (Fsp3) is 0.636. The molecule has 0 N–H and O–H groups in total. The molecule has 0 aromatic heterocycles. The van der Waals surface area contributed by atoms with E-state index in [4.69, 9.17) is 4.74 Å². The Hall–Kier alpha value is -2.08. The number of likely N-dealkylation sites (tertiary alicyclic amines) is 1. The molecule has 1 aromatic rings. The van der Waals surface area contributed by atoms with E-state index in [0.29, 0.717) is 12.6 Å². The van der Waals surface area contributed by atoms with E-state index in [1.54, 1.807) is 0 Å². The van der Waals surface area contributed by atoms with Crippen molar-refractivity contribution >= 4 is 11.8 Å². The van der Waals surface area contributed by atoms with E-state index in [1.165, 1.54) is 31.2 Å². The maximum Gasteiger partial charge on any atom is 0.260 e. The number of piperazine rings is 1. The molecular formula is C22H31N3O3. The molecule has 2 heterocycles. The summed E-state index contributed by atoms with van der Waals surface area (Å²) in [5.41, 5.74) is 1.17. The van der Waals surface area contributed by atoms with Gasteiger partial charge in [-0.15, -0.1) is 0 Å². The number of amides is 2. The Balaban J connectivity index is 1.23. The molecule has 6 heteroatoms. The highest BCUT2D eigenvalue weighted by Gasteiger charge is 2.31. The predicted molar refractivity (Wildman–Crippen MR) is 107 cm³/mol. The molecule has 2 aliphatic heterocycles. The summed E-state index contributed by atoms with van der Waals surface area (Å²) < 4.78 is 5.65. The highest BCUT2D eigenvalue weighted by Crippen LogP contribution is 2.25. The van der Waals surface area contributed by atoms with Crippen LogP contribution in [0.15, 0.2) is 24.3 Å². The smallest absolute Gasteiger partial charge is 0.260 e. The number of carbonyl (C=O) groups excluding carboxylic acids is 2. The number of benzene rings is 1. The third-order valence-corrected chi connectivity index (χ3v) is 6.25. The van der Waals surface area contributed by atoms with Gasteiger partial charge in [0.15, 0.2) is 6.61 Å². The number of carbonyl (C=O) groups is 2. The number of rotatable bonds is 6. The van der Waals surface area contributed by atoms with Crippen LogP contribution < -0.4 is 4.74 Å². The van der Waals surface area contributed by atoms with Crippen molar-refractivity contribution in [3.63, 3.8) is 0 Å². The van der Waals surface area contributed by atoms with Crippen molar-refractivity contribution in [3.8, 4) is 5.75 Å². The van der Waals surface area contributed by atoms with Gasteiger partial charge in [-0.05, 0) is 43.4 Å². The van der Waals surface area contributed by atoms with Gasteiger partial charge in [-0.3, -0.25) is 14.5 Å². The van der Waals surface area contributed by atoms with Crippen molar-refractivity contribution in [3.05, 3.63) is 29.8 Å². The van der Waals surface area contributed by atoms with Crippen molar-refractivity contribution in [2.24, 2.45) is 0 Å². The molecule has 2 saturated heterocycles. The highest BCUT2D eigenvalue weighted by atomic mass is 16.5. The zero-order valence-electron chi connectivity index (χ0n) is 16.6. The first-order valence-electron chi connectivity index (χ1n) is 10.7. The third-order valence-electron chi connectivity index (χ3n) is 6.25. The first-order chi connectivity index (χ1) is 13.7. The molecule has 3 aliphatic rings. The minimum absolute atomic E-state index is 0.0697. The minimum atomic E-state index is 0.0697. The van der Waals surface area contributed by atoms with Crippen LogP contribution >= 0.6 is 0 Å². The summed E-state index contributed by atoms with van der Waals surface area (Å²) in [6, 6.07) is 8.38. The van der Waals surface area contributed by atoms with Gasteiger partial charge in [0.1, 0.15) is 5.75 Å². The van der Waals surface area contributed by atoms with E-state index >= 15 is 0 Å². The molecule has 0 spiro atoms. The lowest BCUT2D eigenvalue weighted by Gasteiger charge is -2.37. The fourth-order valence-corrected chi connectivity index (χ4v) is 4.62. The molecule has 4 rings (SSSR count). The first kappa shape index (κ1) is 19.2. The summed E-state index contributed by atoms with van der Waals surface area (Å²) in [5, 5.41) is 0.